The van der Waals surface area contributed by atoms with Gasteiger partial charge in [-0.2, -0.15) is 5.26 Å². The van der Waals surface area contributed by atoms with Crippen LogP contribution in [0.2, 0.25) is 0 Å². The van der Waals surface area contributed by atoms with Gasteiger partial charge in [0.15, 0.2) is 0 Å². The van der Waals surface area contributed by atoms with Crippen molar-refractivity contribution in [1.29, 1.82) is 5.26 Å². The van der Waals surface area contributed by atoms with Crippen molar-refractivity contribution in [3.8, 4) is 6.07 Å². The highest BCUT2D eigenvalue weighted by molar-refractivity contribution is 5.45. The number of aromatic nitrogens is 3. The van der Waals surface area contributed by atoms with Crippen LogP contribution < -0.4 is 5.32 Å². The van der Waals surface area contributed by atoms with Gasteiger partial charge < -0.3 is 10.3 Å². The van der Waals surface area contributed by atoms with Crippen molar-refractivity contribution in [2.45, 2.75) is 6.42 Å². The van der Waals surface area contributed by atoms with E-state index in [9.17, 15) is 0 Å². The number of nitriles is 1. The van der Waals surface area contributed by atoms with E-state index in [2.05, 4.69) is 20.3 Å². The summed E-state index contributed by atoms with van der Waals surface area (Å²) in [6, 6.07) is 5.56. The average Bonchev–Trinajstić information content (AvgIpc) is 2.82. The van der Waals surface area contributed by atoms with Crippen molar-refractivity contribution in [3.05, 3.63) is 42.2 Å². The Morgan fingerprint density at radius 1 is 1.38 bits per heavy atom. The van der Waals surface area contributed by atoms with Crippen LogP contribution in [0.3, 0.4) is 0 Å². The molecule has 5 nitrogen and oxygen atoms in total. The summed E-state index contributed by atoms with van der Waals surface area (Å²) in [6.45, 7) is 0.766. The van der Waals surface area contributed by atoms with Crippen LogP contribution >= 0.6 is 0 Å². The highest BCUT2D eigenvalue weighted by Crippen LogP contribution is 2.06. The summed E-state index contributed by atoms with van der Waals surface area (Å²) >= 11 is 0. The Morgan fingerprint density at radius 3 is 3.06 bits per heavy atom. The van der Waals surface area contributed by atoms with Crippen LogP contribution in [0.4, 0.5) is 5.69 Å². The molecule has 2 aromatic heterocycles. The topological polar surface area (TPSA) is 77.4 Å². The largest absolute Gasteiger partial charge is 0.384 e. The molecule has 0 aliphatic carbocycles. The van der Waals surface area contributed by atoms with Crippen LogP contribution in [-0.2, 0) is 6.42 Å². The molecule has 0 amide bonds. The van der Waals surface area contributed by atoms with Crippen molar-refractivity contribution in [2.24, 2.45) is 0 Å². The Balaban J connectivity index is 1.88. The summed E-state index contributed by atoms with van der Waals surface area (Å²) in [6.07, 6.45) is 5.97. The van der Waals surface area contributed by atoms with E-state index in [1.54, 1.807) is 24.7 Å². The van der Waals surface area contributed by atoms with Gasteiger partial charge in [0.25, 0.3) is 0 Å². The molecule has 0 bridgehead atoms. The first kappa shape index (κ1) is 10.2. The van der Waals surface area contributed by atoms with Crippen LogP contribution in [0.5, 0.6) is 0 Å². The lowest BCUT2D eigenvalue weighted by Gasteiger charge is -2.04. The molecule has 2 N–H and O–H groups in total. The predicted molar refractivity (Wildman–Crippen MR) is 59.7 cm³/mol. The van der Waals surface area contributed by atoms with Crippen molar-refractivity contribution in [3.63, 3.8) is 0 Å². The van der Waals surface area contributed by atoms with E-state index >= 15 is 0 Å². The molecule has 2 rings (SSSR count). The Morgan fingerprint density at radius 2 is 2.31 bits per heavy atom. The van der Waals surface area contributed by atoms with Gasteiger partial charge in [-0.05, 0) is 12.1 Å². The first-order chi connectivity index (χ1) is 7.88. The summed E-state index contributed by atoms with van der Waals surface area (Å²) in [5, 5.41) is 11.9. The molecular formula is C11H11N5. The number of hydrogen-bond donors (Lipinski definition) is 2. The second-order valence-corrected chi connectivity index (χ2v) is 3.25. The smallest absolute Gasteiger partial charge is 0.142 e. The highest BCUT2D eigenvalue weighted by Gasteiger charge is 1.97. The maximum Gasteiger partial charge on any atom is 0.142 e. The van der Waals surface area contributed by atoms with Gasteiger partial charge in [0.1, 0.15) is 17.6 Å². The van der Waals surface area contributed by atoms with Gasteiger partial charge in [0.05, 0.1) is 0 Å². The zero-order valence-electron chi connectivity index (χ0n) is 8.64. The fourth-order valence-electron chi connectivity index (χ4n) is 1.36. The van der Waals surface area contributed by atoms with Crippen molar-refractivity contribution < 1.29 is 0 Å². The number of hydrogen-bond acceptors (Lipinski definition) is 4. The van der Waals surface area contributed by atoms with Crippen LogP contribution in [-0.4, -0.2) is 21.5 Å². The standard InChI is InChI=1S/C11H11N5/c12-8-10-7-9(1-3-14-10)13-4-2-11-15-5-6-16-11/h1,3,5-7H,2,4H2,(H,13,14)(H,15,16). The molecule has 16 heavy (non-hydrogen) atoms. The summed E-state index contributed by atoms with van der Waals surface area (Å²) in [5.41, 5.74) is 1.32. The molecule has 0 spiro atoms. The second-order valence-electron chi connectivity index (χ2n) is 3.25. The fraction of sp³-hybridized carbons (Fsp3) is 0.182. The number of nitrogens with one attached hydrogen (secondary N) is 2. The van der Waals surface area contributed by atoms with Gasteiger partial charge >= 0.3 is 0 Å². The van der Waals surface area contributed by atoms with E-state index in [0.29, 0.717) is 5.69 Å². The van der Waals surface area contributed by atoms with Gasteiger partial charge in [-0.3, -0.25) is 0 Å². The first-order valence-corrected chi connectivity index (χ1v) is 4.97. The van der Waals surface area contributed by atoms with Gasteiger partial charge in [-0.15, -0.1) is 0 Å². The average molecular weight is 213 g/mol. The normalized spacial score (nSPS) is 9.69. The molecule has 0 aliphatic heterocycles. The van der Waals surface area contributed by atoms with Gasteiger partial charge in [-0.25, -0.2) is 9.97 Å². The Kier molecular flexibility index (Phi) is 3.14. The maximum absolute atomic E-state index is 8.68. The lowest BCUT2D eigenvalue weighted by molar-refractivity contribution is 0.927. The lowest BCUT2D eigenvalue weighted by Crippen LogP contribution is -2.06. The van der Waals surface area contributed by atoms with Crippen molar-refractivity contribution in [1.82, 2.24) is 15.0 Å². The van der Waals surface area contributed by atoms with Gasteiger partial charge in [0.2, 0.25) is 0 Å². The zero-order chi connectivity index (χ0) is 11.2. The molecule has 0 saturated heterocycles. The molecule has 0 unspecified atom stereocenters. The third-order valence-corrected chi connectivity index (χ3v) is 2.12. The third kappa shape index (κ3) is 2.58. The number of aromatic amines is 1. The molecule has 0 saturated carbocycles. The van der Waals surface area contributed by atoms with E-state index in [4.69, 9.17) is 5.26 Å². The minimum absolute atomic E-state index is 0.419. The molecule has 0 aromatic carbocycles. The maximum atomic E-state index is 8.68. The van der Waals surface area contributed by atoms with E-state index in [-0.39, 0.29) is 0 Å². The van der Waals surface area contributed by atoms with E-state index in [1.807, 2.05) is 12.1 Å². The van der Waals surface area contributed by atoms with E-state index in [0.717, 1.165) is 24.5 Å². The Bertz CT molecular complexity index is 483. The molecule has 0 aliphatic rings. The molecule has 0 radical (unpaired) electrons. The molecule has 2 heterocycles. The van der Waals surface area contributed by atoms with Gasteiger partial charge in [-0.1, -0.05) is 0 Å². The van der Waals surface area contributed by atoms with E-state index in [1.165, 1.54) is 0 Å². The summed E-state index contributed by atoms with van der Waals surface area (Å²) in [5.74, 6) is 0.946. The van der Waals surface area contributed by atoms with Crippen LogP contribution in [0.25, 0.3) is 0 Å². The summed E-state index contributed by atoms with van der Waals surface area (Å²) in [4.78, 5) is 11.0. The molecule has 80 valence electrons. The molecule has 0 fully saturated rings. The number of rotatable bonds is 4. The molecule has 5 heteroatoms. The monoisotopic (exact) mass is 213 g/mol. The number of H-pyrrole nitrogens is 1. The Labute approximate surface area is 93.2 Å². The number of nitrogens with zero attached hydrogens (tertiary/aromatic N) is 3. The quantitative estimate of drug-likeness (QED) is 0.803. The van der Waals surface area contributed by atoms with Crippen LogP contribution in [0.15, 0.2) is 30.7 Å². The number of pyridine rings is 1. The zero-order valence-corrected chi connectivity index (χ0v) is 8.64. The van der Waals surface area contributed by atoms with Crippen LogP contribution in [0, 0.1) is 11.3 Å². The number of imidazole rings is 1. The third-order valence-electron chi connectivity index (χ3n) is 2.12. The number of anilines is 1. The highest BCUT2D eigenvalue weighted by atomic mass is 14.9. The lowest BCUT2D eigenvalue weighted by atomic mass is 10.3. The fourth-order valence-corrected chi connectivity index (χ4v) is 1.36. The van der Waals surface area contributed by atoms with Gasteiger partial charge in [0, 0.05) is 37.2 Å². The predicted octanol–water partition coefficient (Wildman–Crippen LogP) is 1.33. The SMILES string of the molecule is N#Cc1cc(NCCc2ncc[nH]2)ccn1. The molecule has 2 aromatic rings. The van der Waals surface area contributed by atoms with Crippen molar-refractivity contribution in [2.75, 3.05) is 11.9 Å². The van der Waals surface area contributed by atoms with Crippen LogP contribution in [0.1, 0.15) is 11.5 Å². The summed E-state index contributed by atoms with van der Waals surface area (Å²) < 4.78 is 0. The molecule has 0 atom stereocenters. The summed E-state index contributed by atoms with van der Waals surface area (Å²) in [7, 11) is 0. The Hall–Kier alpha value is -2.35. The minimum Gasteiger partial charge on any atom is -0.384 e. The van der Waals surface area contributed by atoms with E-state index < -0.39 is 0 Å². The first-order valence-electron chi connectivity index (χ1n) is 4.97. The minimum atomic E-state index is 0.419. The second kappa shape index (κ2) is 4.94. The van der Waals surface area contributed by atoms with Crippen molar-refractivity contribution >= 4 is 5.69 Å². The molecular weight excluding hydrogens is 202 g/mol.